The van der Waals surface area contributed by atoms with Gasteiger partial charge in [0.25, 0.3) is 0 Å². The Morgan fingerprint density at radius 1 is 1.29 bits per heavy atom. The maximum Gasteiger partial charge on any atom is 0.175 e. The van der Waals surface area contributed by atoms with Crippen LogP contribution in [0.25, 0.3) is 0 Å². The number of ether oxygens (including phenoxy) is 1. The van der Waals surface area contributed by atoms with Gasteiger partial charge in [0.1, 0.15) is 24.4 Å². The SMILES string of the molecule is CON[C@H]1C(O)O[C@H](CO)[C@@H](O)[C@@H]1O. The maximum atomic E-state index is 9.50. The molecule has 0 radical (unpaired) electrons. The summed E-state index contributed by atoms with van der Waals surface area (Å²) in [5.41, 5.74) is 2.29. The Balaban J connectivity index is 2.63. The molecule has 5 N–H and O–H groups in total. The summed E-state index contributed by atoms with van der Waals surface area (Å²) in [5, 5.41) is 37.0. The van der Waals surface area contributed by atoms with E-state index in [0.717, 1.165) is 0 Å². The topological polar surface area (TPSA) is 111 Å². The van der Waals surface area contributed by atoms with Crippen LogP contribution >= 0.6 is 0 Å². The van der Waals surface area contributed by atoms with Crippen LogP contribution in [0, 0.1) is 0 Å². The first-order valence-corrected chi connectivity index (χ1v) is 4.20. The molecule has 1 heterocycles. The fraction of sp³-hybridized carbons (Fsp3) is 1.00. The van der Waals surface area contributed by atoms with Gasteiger partial charge in [-0.25, -0.2) is 0 Å². The van der Waals surface area contributed by atoms with Gasteiger partial charge in [0.2, 0.25) is 0 Å². The van der Waals surface area contributed by atoms with Crippen LogP contribution in [-0.4, -0.2) is 64.8 Å². The van der Waals surface area contributed by atoms with Crippen LogP contribution in [0.1, 0.15) is 0 Å². The molecule has 1 rings (SSSR count). The lowest BCUT2D eigenvalue weighted by Gasteiger charge is -2.39. The van der Waals surface area contributed by atoms with Crippen molar-refractivity contribution in [3.05, 3.63) is 0 Å². The lowest BCUT2D eigenvalue weighted by Crippen LogP contribution is -2.63. The van der Waals surface area contributed by atoms with Gasteiger partial charge < -0.3 is 30.0 Å². The zero-order valence-corrected chi connectivity index (χ0v) is 7.70. The Labute approximate surface area is 80.8 Å². The van der Waals surface area contributed by atoms with Crippen LogP contribution < -0.4 is 5.48 Å². The molecule has 1 fully saturated rings. The van der Waals surface area contributed by atoms with E-state index >= 15 is 0 Å². The first kappa shape index (κ1) is 11.8. The average Bonchev–Trinajstić information content (AvgIpc) is 2.18. The van der Waals surface area contributed by atoms with Gasteiger partial charge in [-0.05, 0) is 0 Å². The number of hydroxylamine groups is 1. The predicted molar refractivity (Wildman–Crippen MR) is 43.9 cm³/mol. The number of aliphatic hydroxyl groups is 4. The third kappa shape index (κ3) is 2.20. The van der Waals surface area contributed by atoms with E-state index in [0.29, 0.717) is 0 Å². The molecule has 84 valence electrons. The zero-order chi connectivity index (χ0) is 10.7. The van der Waals surface area contributed by atoms with Gasteiger partial charge in [0, 0.05) is 0 Å². The Bertz CT molecular complexity index is 180. The fourth-order valence-corrected chi connectivity index (χ4v) is 1.36. The van der Waals surface area contributed by atoms with Crippen LogP contribution in [0.3, 0.4) is 0 Å². The highest BCUT2D eigenvalue weighted by Gasteiger charge is 2.43. The van der Waals surface area contributed by atoms with E-state index in [9.17, 15) is 15.3 Å². The zero-order valence-electron chi connectivity index (χ0n) is 7.70. The van der Waals surface area contributed by atoms with Crippen LogP contribution in [0.5, 0.6) is 0 Å². The van der Waals surface area contributed by atoms with Crippen LogP contribution in [-0.2, 0) is 9.57 Å². The minimum atomic E-state index is -1.34. The second-order valence-electron chi connectivity index (χ2n) is 3.08. The number of hydrogen-bond donors (Lipinski definition) is 5. The van der Waals surface area contributed by atoms with Crippen molar-refractivity contribution in [2.24, 2.45) is 0 Å². The third-order valence-electron chi connectivity index (χ3n) is 2.15. The number of aliphatic hydroxyl groups excluding tert-OH is 4. The third-order valence-corrected chi connectivity index (χ3v) is 2.15. The van der Waals surface area contributed by atoms with E-state index in [4.69, 9.17) is 9.84 Å². The van der Waals surface area contributed by atoms with Crippen molar-refractivity contribution < 1.29 is 30.0 Å². The van der Waals surface area contributed by atoms with E-state index < -0.39 is 37.3 Å². The van der Waals surface area contributed by atoms with Gasteiger partial charge in [-0.1, -0.05) is 0 Å². The molecule has 1 aliphatic heterocycles. The van der Waals surface area contributed by atoms with Crippen LogP contribution in [0.15, 0.2) is 0 Å². The van der Waals surface area contributed by atoms with Crippen molar-refractivity contribution >= 4 is 0 Å². The molecule has 0 saturated carbocycles. The molecule has 5 atom stereocenters. The quantitative estimate of drug-likeness (QED) is 0.314. The molecule has 7 heteroatoms. The van der Waals surface area contributed by atoms with Crippen LogP contribution in [0.4, 0.5) is 0 Å². The van der Waals surface area contributed by atoms with Crippen molar-refractivity contribution in [3.63, 3.8) is 0 Å². The smallest absolute Gasteiger partial charge is 0.175 e. The summed E-state index contributed by atoms with van der Waals surface area (Å²) in [5.74, 6) is 0. The first-order valence-electron chi connectivity index (χ1n) is 4.20. The summed E-state index contributed by atoms with van der Waals surface area (Å²) in [4.78, 5) is 4.52. The molecule has 0 aromatic rings. The van der Waals surface area contributed by atoms with Crippen molar-refractivity contribution in [1.82, 2.24) is 5.48 Å². The standard InChI is InChI=1S/C7H15NO6/c1-13-8-4-6(11)5(10)3(2-9)14-7(4)12/h3-12H,2H2,1H3/t3-,4-,5-,6-,7?/m1/s1. The Kier molecular flexibility index (Phi) is 4.20. The normalized spacial score (nSPS) is 43.9. The van der Waals surface area contributed by atoms with Gasteiger partial charge in [0.05, 0.1) is 13.7 Å². The summed E-state index contributed by atoms with van der Waals surface area (Å²) in [6.45, 7) is -0.477. The fourth-order valence-electron chi connectivity index (χ4n) is 1.36. The molecule has 7 nitrogen and oxygen atoms in total. The molecule has 0 amide bonds. The molecule has 1 aliphatic rings. The monoisotopic (exact) mass is 209 g/mol. The molecule has 1 unspecified atom stereocenters. The van der Waals surface area contributed by atoms with Crippen molar-refractivity contribution in [3.8, 4) is 0 Å². The molecule has 0 bridgehead atoms. The van der Waals surface area contributed by atoms with Gasteiger partial charge in [-0.15, -0.1) is 0 Å². The highest BCUT2D eigenvalue weighted by molar-refractivity contribution is 4.91. The summed E-state index contributed by atoms with van der Waals surface area (Å²) >= 11 is 0. The van der Waals surface area contributed by atoms with Crippen molar-refractivity contribution in [2.75, 3.05) is 13.7 Å². The number of rotatable bonds is 3. The molecule has 0 aliphatic carbocycles. The molecule has 0 aromatic heterocycles. The average molecular weight is 209 g/mol. The van der Waals surface area contributed by atoms with Gasteiger partial charge >= 0.3 is 0 Å². The lowest BCUT2D eigenvalue weighted by molar-refractivity contribution is -0.267. The van der Waals surface area contributed by atoms with E-state index in [2.05, 4.69) is 10.3 Å². The van der Waals surface area contributed by atoms with E-state index in [1.807, 2.05) is 0 Å². The Morgan fingerprint density at radius 3 is 2.43 bits per heavy atom. The minimum Gasteiger partial charge on any atom is -0.394 e. The molecule has 0 spiro atoms. The first-order chi connectivity index (χ1) is 6.61. The van der Waals surface area contributed by atoms with E-state index in [1.54, 1.807) is 0 Å². The number of hydrogen-bond acceptors (Lipinski definition) is 7. The van der Waals surface area contributed by atoms with E-state index in [-0.39, 0.29) is 0 Å². The maximum absolute atomic E-state index is 9.50. The largest absolute Gasteiger partial charge is 0.394 e. The van der Waals surface area contributed by atoms with E-state index in [1.165, 1.54) is 7.11 Å². The molecular formula is C7H15NO6. The lowest BCUT2D eigenvalue weighted by atomic mass is 9.98. The Morgan fingerprint density at radius 2 is 1.93 bits per heavy atom. The molecule has 0 aromatic carbocycles. The predicted octanol–water partition coefficient (Wildman–Crippen LogP) is -3.06. The van der Waals surface area contributed by atoms with Crippen molar-refractivity contribution in [1.29, 1.82) is 0 Å². The highest BCUT2D eigenvalue weighted by Crippen LogP contribution is 2.19. The molecular weight excluding hydrogens is 194 g/mol. The summed E-state index contributed by atoms with van der Waals surface area (Å²) < 4.78 is 4.84. The van der Waals surface area contributed by atoms with Gasteiger partial charge in [0.15, 0.2) is 6.29 Å². The summed E-state index contributed by atoms with van der Waals surface area (Å²) in [6.07, 6.45) is -4.87. The molecule has 1 saturated heterocycles. The second kappa shape index (κ2) is 4.99. The van der Waals surface area contributed by atoms with Gasteiger partial charge in [-0.2, -0.15) is 5.48 Å². The Hall–Kier alpha value is -0.280. The van der Waals surface area contributed by atoms with Gasteiger partial charge in [-0.3, -0.25) is 0 Å². The highest BCUT2D eigenvalue weighted by atomic mass is 16.7. The van der Waals surface area contributed by atoms with Crippen molar-refractivity contribution in [2.45, 2.75) is 30.6 Å². The second-order valence-corrected chi connectivity index (χ2v) is 3.08. The summed E-state index contributed by atoms with van der Waals surface area (Å²) in [7, 11) is 1.31. The van der Waals surface area contributed by atoms with Crippen LogP contribution in [0.2, 0.25) is 0 Å². The molecule has 14 heavy (non-hydrogen) atoms. The minimum absolute atomic E-state index is 0.477. The number of nitrogens with one attached hydrogen (secondary N) is 1. The summed E-state index contributed by atoms with van der Waals surface area (Å²) in [6, 6.07) is -0.946.